The lowest BCUT2D eigenvalue weighted by molar-refractivity contribution is 0.102. The van der Waals surface area contributed by atoms with Crippen LogP contribution in [0, 0.1) is 0 Å². The SMILES string of the molecule is Cn1cc(-c2ccc3cnc(NC(=O)c4cnn(C5CCNCC5)c4)nc3c2)cn1. The topological polar surface area (TPSA) is 103 Å². The van der Waals surface area contributed by atoms with Crippen molar-refractivity contribution in [3.63, 3.8) is 0 Å². The van der Waals surface area contributed by atoms with Gasteiger partial charge in [0.2, 0.25) is 5.95 Å². The number of hydrogen-bond acceptors (Lipinski definition) is 6. The fourth-order valence-electron chi connectivity index (χ4n) is 3.73. The van der Waals surface area contributed by atoms with Gasteiger partial charge in [-0.2, -0.15) is 10.2 Å². The molecule has 1 aliphatic heterocycles. The van der Waals surface area contributed by atoms with E-state index < -0.39 is 0 Å². The Morgan fingerprint density at radius 1 is 1.10 bits per heavy atom. The number of amides is 1. The first-order chi connectivity index (χ1) is 14.7. The van der Waals surface area contributed by atoms with E-state index in [2.05, 4.69) is 30.8 Å². The number of fused-ring (bicyclic) bond motifs is 1. The number of hydrogen-bond donors (Lipinski definition) is 2. The van der Waals surface area contributed by atoms with Gasteiger partial charge in [0, 0.05) is 36.6 Å². The average Bonchev–Trinajstić information content (AvgIpc) is 3.43. The van der Waals surface area contributed by atoms with Gasteiger partial charge in [-0.1, -0.05) is 12.1 Å². The lowest BCUT2D eigenvalue weighted by atomic mass is 10.1. The Morgan fingerprint density at radius 3 is 2.77 bits per heavy atom. The Balaban J connectivity index is 1.35. The highest BCUT2D eigenvalue weighted by Crippen LogP contribution is 2.23. The second kappa shape index (κ2) is 7.68. The van der Waals surface area contributed by atoms with Gasteiger partial charge in [-0.3, -0.25) is 19.5 Å². The maximum absolute atomic E-state index is 12.7. The molecule has 0 atom stereocenters. The Morgan fingerprint density at radius 2 is 1.97 bits per heavy atom. The fraction of sp³-hybridized carbons (Fsp3) is 0.286. The molecule has 0 aliphatic carbocycles. The third-order valence-electron chi connectivity index (χ3n) is 5.39. The van der Waals surface area contributed by atoms with E-state index in [0.717, 1.165) is 48.0 Å². The van der Waals surface area contributed by atoms with Gasteiger partial charge < -0.3 is 5.32 Å². The molecule has 0 bridgehead atoms. The molecule has 0 unspecified atom stereocenters. The second-order valence-electron chi connectivity index (χ2n) is 7.51. The molecule has 1 amide bonds. The molecule has 4 heterocycles. The van der Waals surface area contributed by atoms with Crippen LogP contribution in [-0.4, -0.2) is 48.5 Å². The molecule has 1 aromatic carbocycles. The van der Waals surface area contributed by atoms with Crippen molar-refractivity contribution in [1.29, 1.82) is 0 Å². The summed E-state index contributed by atoms with van der Waals surface area (Å²) in [6.45, 7) is 1.94. The summed E-state index contributed by atoms with van der Waals surface area (Å²) in [4.78, 5) is 21.5. The van der Waals surface area contributed by atoms with Crippen LogP contribution in [0.1, 0.15) is 29.2 Å². The lowest BCUT2D eigenvalue weighted by Gasteiger charge is -2.22. The average molecular weight is 402 g/mol. The monoisotopic (exact) mass is 402 g/mol. The number of rotatable bonds is 4. The van der Waals surface area contributed by atoms with E-state index in [4.69, 9.17) is 0 Å². The first-order valence-corrected chi connectivity index (χ1v) is 9.98. The molecule has 9 heteroatoms. The zero-order valence-corrected chi connectivity index (χ0v) is 16.6. The molecule has 9 nitrogen and oxygen atoms in total. The van der Waals surface area contributed by atoms with Crippen LogP contribution < -0.4 is 10.6 Å². The number of aryl methyl sites for hydroxylation is 1. The third-order valence-corrected chi connectivity index (χ3v) is 5.39. The molecule has 3 aromatic heterocycles. The molecule has 1 saturated heterocycles. The standard InChI is InChI=1S/C21H22N8O/c1-28-12-16(10-24-28)14-2-3-15-9-23-21(26-19(15)8-14)27-20(30)17-11-25-29(13-17)18-4-6-22-7-5-18/h2-3,8-13,18,22H,4-7H2,1H3,(H,23,26,27,30). The van der Waals surface area contributed by atoms with Gasteiger partial charge >= 0.3 is 0 Å². The van der Waals surface area contributed by atoms with Crippen molar-refractivity contribution in [2.24, 2.45) is 7.05 Å². The van der Waals surface area contributed by atoms with Gasteiger partial charge in [0.05, 0.1) is 29.5 Å². The van der Waals surface area contributed by atoms with E-state index in [0.29, 0.717) is 11.6 Å². The van der Waals surface area contributed by atoms with E-state index in [9.17, 15) is 4.79 Å². The zero-order chi connectivity index (χ0) is 20.5. The molecular weight excluding hydrogens is 380 g/mol. The van der Waals surface area contributed by atoms with Gasteiger partial charge in [-0.05, 0) is 37.6 Å². The van der Waals surface area contributed by atoms with Gasteiger partial charge in [0.1, 0.15) is 0 Å². The van der Waals surface area contributed by atoms with Gasteiger partial charge in [-0.15, -0.1) is 0 Å². The summed E-state index contributed by atoms with van der Waals surface area (Å²) < 4.78 is 3.65. The Bertz CT molecular complexity index is 1200. The minimum absolute atomic E-state index is 0.266. The number of carbonyl (C=O) groups excluding carboxylic acids is 1. The Labute approximate surface area is 173 Å². The Hall–Kier alpha value is -3.59. The van der Waals surface area contributed by atoms with E-state index >= 15 is 0 Å². The molecule has 0 radical (unpaired) electrons. The van der Waals surface area contributed by atoms with E-state index in [-0.39, 0.29) is 11.9 Å². The van der Waals surface area contributed by atoms with Crippen LogP contribution in [0.3, 0.4) is 0 Å². The zero-order valence-electron chi connectivity index (χ0n) is 16.6. The normalized spacial score (nSPS) is 14.8. The van der Waals surface area contributed by atoms with Crippen LogP contribution in [0.4, 0.5) is 5.95 Å². The van der Waals surface area contributed by atoms with Gasteiger partial charge in [0.25, 0.3) is 5.91 Å². The molecule has 1 fully saturated rings. The summed E-state index contributed by atoms with van der Waals surface area (Å²) in [7, 11) is 1.88. The predicted octanol–water partition coefficient (Wildman–Crippen LogP) is 2.40. The van der Waals surface area contributed by atoms with Crippen LogP contribution in [0.2, 0.25) is 0 Å². The molecule has 1 aliphatic rings. The summed E-state index contributed by atoms with van der Waals surface area (Å²) in [6, 6.07) is 6.27. The van der Waals surface area contributed by atoms with Crippen LogP contribution >= 0.6 is 0 Å². The summed E-state index contributed by atoms with van der Waals surface area (Å²) in [5.41, 5.74) is 3.28. The fourth-order valence-corrected chi connectivity index (χ4v) is 3.73. The molecule has 4 aromatic rings. The summed E-state index contributed by atoms with van der Waals surface area (Å²) in [5, 5.41) is 15.6. The predicted molar refractivity (Wildman–Crippen MR) is 113 cm³/mol. The number of nitrogens with zero attached hydrogens (tertiary/aromatic N) is 6. The molecule has 0 spiro atoms. The number of nitrogens with one attached hydrogen (secondary N) is 2. The quantitative estimate of drug-likeness (QED) is 0.543. The van der Waals surface area contributed by atoms with Crippen LogP contribution in [0.25, 0.3) is 22.0 Å². The maximum atomic E-state index is 12.7. The van der Waals surface area contributed by atoms with Crippen molar-refractivity contribution in [3.05, 3.63) is 54.7 Å². The summed E-state index contributed by atoms with van der Waals surface area (Å²) >= 11 is 0. The highest BCUT2D eigenvalue weighted by molar-refractivity contribution is 6.03. The first-order valence-electron chi connectivity index (χ1n) is 9.98. The van der Waals surface area contributed by atoms with Crippen molar-refractivity contribution in [3.8, 4) is 11.1 Å². The van der Waals surface area contributed by atoms with Crippen LogP contribution in [0.15, 0.2) is 49.2 Å². The second-order valence-corrected chi connectivity index (χ2v) is 7.51. The minimum atomic E-state index is -0.266. The largest absolute Gasteiger partial charge is 0.317 e. The number of benzene rings is 1. The number of carbonyl (C=O) groups is 1. The van der Waals surface area contributed by atoms with Crippen molar-refractivity contribution >= 4 is 22.8 Å². The van der Waals surface area contributed by atoms with Crippen molar-refractivity contribution < 1.29 is 4.79 Å². The number of anilines is 1. The highest BCUT2D eigenvalue weighted by atomic mass is 16.1. The summed E-state index contributed by atoms with van der Waals surface area (Å²) in [5.74, 6) is 0.00315. The first kappa shape index (κ1) is 18.4. The van der Waals surface area contributed by atoms with E-state index in [1.165, 1.54) is 0 Å². The number of aromatic nitrogens is 6. The Kier molecular flexibility index (Phi) is 4.72. The van der Waals surface area contributed by atoms with Gasteiger partial charge in [0.15, 0.2) is 0 Å². The molecule has 5 rings (SSSR count). The van der Waals surface area contributed by atoms with E-state index in [1.807, 2.05) is 42.3 Å². The van der Waals surface area contributed by atoms with Crippen molar-refractivity contribution in [2.45, 2.75) is 18.9 Å². The lowest BCUT2D eigenvalue weighted by Crippen LogP contribution is -2.29. The summed E-state index contributed by atoms with van der Waals surface area (Å²) in [6.07, 6.45) is 10.9. The molecular formula is C21H22N8O. The van der Waals surface area contributed by atoms with Crippen LogP contribution in [-0.2, 0) is 7.05 Å². The maximum Gasteiger partial charge on any atom is 0.261 e. The van der Waals surface area contributed by atoms with Crippen molar-refractivity contribution in [1.82, 2.24) is 34.8 Å². The third kappa shape index (κ3) is 3.67. The van der Waals surface area contributed by atoms with Crippen LogP contribution in [0.5, 0.6) is 0 Å². The number of piperidine rings is 1. The molecule has 2 N–H and O–H groups in total. The smallest absolute Gasteiger partial charge is 0.261 e. The molecule has 152 valence electrons. The van der Waals surface area contributed by atoms with E-state index in [1.54, 1.807) is 23.3 Å². The minimum Gasteiger partial charge on any atom is -0.317 e. The van der Waals surface area contributed by atoms with Crippen molar-refractivity contribution in [2.75, 3.05) is 18.4 Å². The highest BCUT2D eigenvalue weighted by Gasteiger charge is 2.18. The molecule has 0 saturated carbocycles. The van der Waals surface area contributed by atoms with Gasteiger partial charge in [-0.25, -0.2) is 9.97 Å². The molecule has 30 heavy (non-hydrogen) atoms.